The van der Waals surface area contributed by atoms with Crippen LogP contribution in [0.15, 0.2) is 18.2 Å². The molecular formula is C28H46FN3O8. The van der Waals surface area contributed by atoms with Gasteiger partial charge in [0.1, 0.15) is 11.4 Å². The Labute approximate surface area is 236 Å². The summed E-state index contributed by atoms with van der Waals surface area (Å²) in [5, 5.41) is 2.67. The maximum Gasteiger partial charge on any atom is 0.407 e. The summed E-state index contributed by atoms with van der Waals surface area (Å²) in [6.07, 6.45) is 0.441. The van der Waals surface area contributed by atoms with Crippen LogP contribution in [0.4, 0.5) is 9.18 Å². The number of aryl methyl sites for hydroxylation is 1. The standard InChI is InChI=1S/C28H46FN3O8/c1-21-8-9-23(29)22(18-21)20-32(26(34)24(30)19-25(33)36-5)11-7-13-38-15-17-39-16-14-37-12-6-10-31-27(35)40-28(2,3)4/h8-9,18,24H,6-7,10-17,19-20,30H2,1-5H3,(H,31,35)/t24-/m0/s1. The number of benzene rings is 1. The van der Waals surface area contributed by atoms with E-state index in [2.05, 4.69) is 10.1 Å². The lowest BCUT2D eigenvalue weighted by Crippen LogP contribution is -2.45. The molecule has 0 radical (unpaired) electrons. The van der Waals surface area contributed by atoms with Gasteiger partial charge in [-0.1, -0.05) is 17.7 Å². The molecule has 3 N–H and O–H groups in total. The maximum atomic E-state index is 14.3. The van der Waals surface area contributed by atoms with Gasteiger partial charge in [0.2, 0.25) is 5.91 Å². The fourth-order valence-corrected chi connectivity index (χ4v) is 3.46. The van der Waals surface area contributed by atoms with Crippen LogP contribution in [0.25, 0.3) is 0 Å². The van der Waals surface area contributed by atoms with Crippen molar-refractivity contribution in [3.63, 3.8) is 0 Å². The lowest BCUT2D eigenvalue weighted by molar-refractivity contribution is -0.144. The third-order valence-corrected chi connectivity index (χ3v) is 5.40. The van der Waals surface area contributed by atoms with E-state index in [0.717, 1.165) is 5.56 Å². The molecular weight excluding hydrogens is 525 g/mol. The molecule has 11 nitrogen and oxygen atoms in total. The summed E-state index contributed by atoms with van der Waals surface area (Å²) < 4.78 is 40.6. The van der Waals surface area contributed by atoms with E-state index in [-0.39, 0.29) is 19.5 Å². The normalized spacial score (nSPS) is 12.1. The van der Waals surface area contributed by atoms with E-state index in [4.69, 9.17) is 24.7 Å². The lowest BCUT2D eigenvalue weighted by Gasteiger charge is -2.26. The fourth-order valence-electron chi connectivity index (χ4n) is 3.46. The van der Waals surface area contributed by atoms with E-state index in [9.17, 15) is 18.8 Å². The number of esters is 1. The number of hydrogen-bond donors (Lipinski definition) is 2. The molecule has 1 atom stereocenters. The van der Waals surface area contributed by atoms with E-state index in [0.29, 0.717) is 64.6 Å². The van der Waals surface area contributed by atoms with Crippen LogP contribution in [-0.2, 0) is 39.8 Å². The molecule has 0 aliphatic heterocycles. The maximum absolute atomic E-state index is 14.3. The molecule has 0 saturated carbocycles. The number of carbonyl (C=O) groups is 3. The second kappa shape index (κ2) is 19.3. The lowest BCUT2D eigenvalue weighted by atomic mass is 10.1. The van der Waals surface area contributed by atoms with E-state index in [1.807, 2.05) is 27.7 Å². The summed E-state index contributed by atoms with van der Waals surface area (Å²) in [6, 6.07) is 3.61. The average Bonchev–Trinajstić information content (AvgIpc) is 2.88. The van der Waals surface area contributed by atoms with Crippen molar-refractivity contribution in [2.75, 3.05) is 59.8 Å². The number of carbonyl (C=O) groups excluding carboxylic acids is 3. The van der Waals surface area contributed by atoms with Gasteiger partial charge in [-0.05, 0) is 46.6 Å². The molecule has 0 saturated heterocycles. The molecule has 0 heterocycles. The molecule has 0 aliphatic carbocycles. The van der Waals surface area contributed by atoms with Crippen molar-refractivity contribution >= 4 is 18.0 Å². The molecule has 0 aromatic heterocycles. The monoisotopic (exact) mass is 571 g/mol. The quantitative estimate of drug-likeness (QED) is 0.190. The highest BCUT2D eigenvalue weighted by atomic mass is 19.1. The molecule has 12 heteroatoms. The Bertz CT molecular complexity index is 910. The number of ether oxygens (including phenoxy) is 5. The highest BCUT2D eigenvalue weighted by Gasteiger charge is 2.24. The molecule has 0 aliphatic rings. The van der Waals surface area contributed by atoms with Gasteiger partial charge in [-0.3, -0.25) is 9.59 Å². The number of alkyl carbamates (subject to hydrolysis) is 1. The molecule has 228 valence electrons. The summed E-state index contributed by atoms with van der Waals surface area (Å²) in [7, 11) is 1.22. The molecule has 1 aromatic rings. The Morgan fingerprint density at radius 3 is 2.20 bits per heavy atom. The zero-order chi connectivity index (χ0) is 30.0. The smallest absolute Gasteiger partial charge is 0.407 e. The molecule has 1 aromatic carbocycles. The van der Waals surface area contributed by atoms with Crippen LogP contribution >= 0.6 is 0 Å². The van der Waals surface area contributed by atoms with Crippen molar-refractivity contribution < 1.29 is 42.5 Å². The Morgan fingerprint density at radius 2 is 1.60 bits per heavy atom. The number of rotatable bonds is 19. The Hall–Kier alpha value is -2.80. The number of halogens is 1. The van der Waals surface area contributed by atoms with Gasteiger partial charge in [-0.2, -0.15) is 0 Å². The topological polar surface area (TPSA) is 139 Å². The van der Waals surface area contributed by atoms with Crippen molar-refractivity contribution in [3.8, 4) is 0 Å². The van der Waals surface area contributed by atoms with Crippen LogP contribution < -0.4 is 11.1 Å². The van der Waals surface area contributed by atoms with Crippen molar-refractivity contribution in [2.45, 2.75) is 65.1 Å². The highest BCUT2D eigenvalue weighted by Crippen LogP contribution is 2.14. The highest BCUT2D eigenvalue weighted by molar-refractivity contribution is 5.86. The van der Waals surface area contributed by atoms with Gasteiger partial charge in [0.05, 0.1) is 46.0 Å². The largest absolute Gasteiger partial charge is 0.469 e. The van der Waals surface area contributed by atoms with Gasteiger partial charge < -0.3 is 39.6 Å². The predicted molar refractivity (Wildman–Crippen MR) is 147 cm³/mol. The second-order valence-electron chi connectivity index (χ2n) is 10.2. The SMILES string of the molecule is COC(=O)C[C@H](N)C(=O)N(CCCOCCOCCOCCCNC(=O)OC(C)(C)C)Cc1cc(C)ccc1F. The first kappa shape index (κ1) is 35.2. The van der Waals surface area contributed by atoms with Crippen LogP contribution in [0.5, 0.6) is 0 Å². The van der Waals surface area contributed by atoms with E-state index < -0.39 is 35.4 Å². The van der Waals surface area contributed by atoms with Crippen molar-refractivity contribution in [1.29, 1.82) is 0 Å². The Kier molecular flexibility index (Phi) is 17.0. The minimum absolute atomic E-state index is 0.0292. The first-order chi connectivity index (χ1) is 18.9. The number of nitrogens with one attached hydrogen (secondary N) is 1. The van der Waals surface area contributed by atoms with Crippen LogP contribution in [-0.4, -0.2) is 94.4 Å². The van der Waals surface area contributed by atoms with Crippen LogP contribution in [0.1, 0.15) is 51.2 Å². The Morgan fingerprint density at radius 1 is 1.00 bits per heavy atom. The van der Waals surface area contributed by atoms with Gasteiger partial charge in [-0.15, -0.1) is 0 Å². The molecule has 1 rings (SSSR count). The first-order valence-corrected chi connectivity index (χ1v) is 13.5. The minimum Gasteiger partial charge on any atom is -0.469 e. The van der Waals surface area contributed by atoms with Crippen LogP contribution in [0.2, 0.25) is 0 Å². The van der Waals surface area contributed by atoms with E-state index >= 15 is 0 Å². The van der Waals surface area contributed by atoms with Gasteiger partial charge in [-0.25, -0.2) is 9.18 Å². The minimum atomic E-state index is -1.09. The number of hydrogen-bond acceptors (Lipinski definition) is 9. The predicted octanol–water partition coefficient (Wildman–Crippen LogP) is 2.71. The van der Waals surface area contributed by atoms with Gasteiger partial charge in [0.15, 0.2) is 0 Å². The Balaban J connectivity index is 2.25. The second-order valence-corrected chi connectivity index (χ2v) is 10.2. The number of nitrogens with two attached hydrogens (primary N) is 1. The molecule has 0 spiro atoms. The number of nitrogens with zero attached hydrogens (tertiary/aromatic N) is 1. The summed E-state index contributed by atoms with van der Waals surface area (Å²) >= 11 is 0. The van der Waals surface area contributed by atoms with Crippen LogP contribution in [0.3, 0.4) is 0 Å². The molecule has 0 unspecified atom stereocenters. The van der Waals surface area contributed by atoms with Gasteiger partial charge in [0, 0.05) is 38.4 Å². The average molecular weight is 572 g/mol. The van der Waals surface area contributed by atoms with Gasteiger partial charge in [0.25, 0.3) is 0 Å². The fraction of sp³-hybridized carbons (Fsp3) is 0.679. The zero-order valence-electron chi connectivity index (χ0n) is 24.5. The molecule has 40 heavy (non-hydrogen) atoms. The zero-order valence-corrected chi connectivity index (χ0v) is 24.5. The first-order valence-electron chi connectivity index (χ1n) is 13.5. The number of amides is 2. The summed E-state index contributed by atoms with van der Waals surface area (Å²) in [6.45, 7) is 10.4. The van der Waals surface area contributed by atoms with Gasteiger partial charge >= 0.3 is 12.1 Å². The number of methoxy groups -OCH3 is 1. The molecule has 2 amide bonds. The third kappa shape index (κ3) is 16.3. The summed E-state index contributed by atoms with van der Waals surface area (Å²) in [5.41, 5.74) is 6.64. The summed E-state index contributed by atoms with van der Waals surface area (Å²) in [5.74, 6) is -1.47. The van der Waals surface area contributed by atoms with Crippen molar-refractivity contribution in [3.05, 3.63) is 35.1 Å². The van der Waals surface area contributed by atoms with E-state index in [1.165, 1.54) is 18.1 Å². The molecule has 0 bridgehead atoms. The summed E-state index contributed by atoms with van der Waals surface area (Å²) in [4.78, 5) is 37.4. The van der Waals surface area contributed by atoms with Crippen molar-refractivity contribution in [2.24, 2.45) is 5.73 Å². The van der Waals surface area contributed by atoms with Crippen LogP contribution in [0, 0.1) is 12.7 Å². The molecule has 0 fully saturated rings. The van der Waals surface area contributed by atoms with Crippen molar-refractivity contribution in [1.82, 2.24) is 10.2 Å². The van der Waals surface area contributed by atoms with E-state index in [1.54, 1.807) is 12.1 Å². The third-order valence-electron chi connectivity index (χ3n) is 5.40.